The lowest BCUT2D eigenvalue weighted by Crippen LogP contribution is -2.30. The Morgan fingerprint density at radius 2 is 1.17 bits per heavy atom. The number of amidine groups is 1. The minimum Gasteiger partial charge on any atom is -0.354 e. The van der Waals surface area contributed by atoms with Crippen molar-refractivity contribution < 1.29 is 0 Å². The molecule has 4 aromatic heterocycles. The zero-order valence-electron chi connectivity index (χ0n) is 32.2. The molecule has 3 aliphatic rings. The van der Waals surface area contributed by atoms with E-state index in [4.69, 9.17) is 19.9 Å². The van der Waals surface area contributed by atoms with Crippen LogP contribution in [-0.2, 0) is 0 Å². The van der Waals surface area contributed by atoms with Crippen molar-refractivity contribution in [2.24, 2.45) is 16.8 Å². The number of nitrogens with zero attached hydrogens (tertiary/aromatic N) is 6. The van der Waals surface area contributed by atoms with Crippen molar-refractivity contribution in [3.63, 3.8) is 0 Å². The highest BCUT2D eigenvalue weighted by molar-refractivity contribution is 6.04. The maximum absolute atomic E-state index is 5.29. The molecule has 2 atom stereocenters. The molecule has 0 spiro atoms. The first-order valence-corrected chi connectivity index (χ1v) is 19.9. The van der Waals surface area contributed by atoms with Crippen molar-refractivity contribution in [3.8, 4) is 22.5 Å². The molecule has 2 aliphatic carbocycles. The molecule has 276 valence electrons. The minimum absolute atomic E-state index is 0.253. The number of hydrogen-bond donors (Lipinski definition) is 0. The third-order valence-electron chi connectivity index (χ3n) is 11.8. The molecule has 1 aliphatic heterocycles. The van der Waals surface area contributed by atoms with E-state index in [0.717, 1.165) is 95.5 Å². The predicted octanol–water partition coefficient (Wildman–Crippen LogP) is 11.6. The Morgan fingerprint density at radius 1 is 0.569 bits per heavy atom. The molecule has 11 rings (SSSR count). The van der Waals surface area contributed by atoms with Crippen LogP contribution >= 0.6 is 0 Å². The number of hydrogen-bond acceptors (Lipinski definition) is 6. The summed E-state index contributed by atoms with van der Waals surface area (Å²) in [6, 6.07) is 44.6. The van der Waals surface area contributed by atoms with Crippen molar-refractivity contribution in [1.82, 2.24) is 24.8 Å². The standard InChI is InChI=1S/C52H38N6/c1-32-42-21-15-38(29-40(42)16-22-43(32)46-25-20-37-12-11-36-19-24-44(33-7-4-3-5-8-33)56-50(36)51(37)57-46)39-13-9-34-17-23-45(54-48(34)30-39)41-14-10-35-18-26-47(55-49(35)31-41)52-53-27-6-28-58(52)2/h3-27,29-32,42H,28H2,1-2H3. The summed E-state index contributed by atoms with van der Waals surface area (Å²) in [6.45, 7) is 3.14. The molecule has 0 N–H and O–H groups in total. The van der Waals surface area contributed by atoms with Crippen LogP contribution in [0.2, 0.25) is 0 Å². The van der Waals surface area contributed by atoms with E-state index in [1.807, 2.05) is 31.5 Å². The van der Waals surface area contributed by atoms with Gasteiger partial charge in [0.05, 0.1) is 39.1 Å². The highest BCUT2D eigenvalue weighted by atomic mass is 15.2. The summed E-state index contributed by atoms with van der Waals surface area (Å²) in [4.78, 5) is 27.3. The van der Waals surface area contributed by atoms with Gasteiger partial charge in [-0.25, -0.2) is 24.9 Å². The Hall–Kier alpha value is -7.31. The van der Waals surface area contributed by atoms with Crippen LogP contribution in [0.5, 0.6) is 0 Å². The monoisotopic (exact) mass is 746 g/mol. The van der Waals surface area contributed by atoms with E-state index in [2.05, 4.69) is 162 Å². The largest absolute Gasteiger partial charge is 0.354 e. The lowest BCUT2D eigenvalue weighted by Gasteiger charge is -2.30. The van der Waals surface area contributed by atoms with Gasteiger partial charge in [-0.1, -0.05) is 128 Å². The van der Waals surface area contributed by atoms with E-state index >= 15 is 0 Å². The third kappa shape index (κ3) is 5.93. The Kier molecular flexibility index (Phi) is 8.03. The smallest absolute Gasteiger partial charge is 0.154 e. The molecule has 0 saturated heterocycles. The molecule has 6 heteroatoms. The lowest BCUT2D eigenvalue weighted by atomic mass is 9.74. The SMILES string of the molecule is CC1C(c2ccc3ccc4ccc(-c5ccccc5)nc4c3n2)=CC=C2C=C(c3ccc4ccc(-c5ccc6ccc(C7=NC=CCN7C)nc6c5)nc4c3)C=CC21. The van der Waals surface area contributed by atoms with E-state index in [-0.39, 0.29) is 11.8 Å². The highest BCUT2D eigenvalue weighted by Gasteiger charge is 2.28. The first-order valence-electron chi connectivity index (χ1n) is 19.9. The summed E-state index contributed by atoms with van der Waals surface area (Å²) in [6.07, 6.45) is 15.4. The molecule has 6 nitrogen and oxygen atoms in total. The summed E-state index contributed by atoms with van der Waals surface area (Å²) in [7, 11) is 2.04. The van der Waals surface area contributed by atoms with Crippen LogP contribution < -0.4 is 0 Å². The lowest BCUT2D eigenvalue weighted by molar-refractivity contribution is 0.556. The molecule has 58 heavy (non-hydrogen) atoms. The van der Waals surface area contributed by atoms with Crippen molar-refractivity contribution in [2.75, 3.05) is 13.6 Å². The van der Waals surface area contributed by atoms with Gasteiger partial charge in [0.15, 0.2) is 5.84 Å². The number of allylic oxidation sites excluding steroid dienone is 8. The van der Waals surface area contributed by atoms with Gasteiger partial charge in [0.25, 0.3) is 0 Å². The number of fused-ring (bicyclic) bond motifs is 6. The molecule has 0 radical (unpaired) electrons. The Bertz CT molecular complexity index is 3190. The fourth-order valence-corrected chi connectivity index (χ4v) is 8.62. The molecule has 0 fully saturated rings. The number of benzene rings is 4. The summed E-state index contributed by atoms with van der Waals surface area (Å²) in [5.41, 5.74) is 14.5. The normalized spacial score (nSPS) is 17.7. The van der Waals surface area contributed by atoms with E-state index in [1.165, 1.54) is 16.7 Å². The molecular weight excluding hydrogens is 709 g/mol. The predicted molar refractivity (Wildman–Crippen MR) is 239 cm³/mol. The summed E-state index contributed by atoms with van der Waals surface area (Å²) >= 11 is 0. The van der Waals surface area contributed by atoms with Gasteiger partial charge in [-0.2, -0.15) is 0 Å². The number of pyridine rings is 4. The van der Waals surface area contributed by atoms with Gasteiger partial charge < -0.3 is 4.90 Å². The summed E-state index contributed by atoms with van der Waals surface area (Å²) < 4.78 is 0. The maximum atomic E-state index is 5.29. The second kappa shape index (κ2) is 13.7. The molecule has 0 bridgehead atoms. The third-order valence-corrected chi connectivity index (χ3v) is 11.8. The van der Waals surface area contributed by atoms with Crippen molar-refractivity contribution >= 4 is 60.6 Å². The number of aromatic nitrogens is 4. The second-order valence-corrected chi connectivity index (χ2v) is 15.5. The average molecular weight is 747 g/mol. The molecule has 2 unspecified atom stereocenters. The summed E-state index contributed by atoms with van der Waals surface area (Å²) in [5, 5.41) is 4.38. The molecule has 4 aromatic carbocycles. The molecule has 8 aromatic rings. The molecule has 0 saturated carbocycles. The molecule has 5 heterocycles. The van der Waals surface area contributed by atoms with Gasteiger partial charge >= 0.3 is 0 Å². The molecule has 0 amide bonds. The van der Waals surface area contributed by atoms with Crippen LogP contribution in [0.3, 0.4) is 0 Å². The van der Waals surface area contributed by atoms with Crippen LogP contribution in [0.1, 0.15) is 23.9 Å². The second-order valence-electron chi connectivity index (χ2n) is 15.5. The average Bonchev–Trinajstić information content (AvgIpc) is 3.28. The van der Waals surface area contributed by atoms with Crippen LogP contribution in [0.15, 0.2) is 181 Å². The van der Waals surface area contributed by atoms with Gasteiger partial charge in [-0.05, 0) is 70.7 Å². The minimum atomic E-state index is 0.253. The van der Waals surface area contributed by atoms with Crippen molar-refractivity contribution in [2.45, 2.75) is 6.92 Å². The Balaban J connectivity index is 0.900. The maximum Gasteiger partial charge on any atom is 0.154 e. The Labute approximate surface area is 336 Å². The first-order chi connectivity index (χ1) is 28.5. The van der Waals surface area contributed by atoms with Gasteiger partial charge in [0.1, 0.15) is 5.69 Å². The van der Waals surface area contributed by atoms with Gasteiger partial charge in [-0.15, -0.1) is 0 Å². The Morgan fingerprint density at radius 3 is 1.93 bits per heavy atom. The van der Waals surface area contributed by atoms with Crippen LogP contribution in [-0.4, -0.2) is 44.3 Å². The number of rotatable bonds is 5. The van der Waals surface area contributed by atoms with E-state index in [0.29, 0.717) is 0 Å². The van der Waals surface area contributed by atoms with Crippen LogP contribution in [0, 0.1) is 11.8 Å². The van der Waals surface area contributed by atoms with Gasteiger partial charge in [-0.3, -0.25) is 0 Å². The van der Waals surface area contributed by atoms with Crippen molar-refractivity contribution in [3.05, 3.63) is 193 Å². The van der Waals surface area contributed by atoms with Crippen LogP contribution in [0.25, 0.3) is 77.3 Å². The number of aliphatic imine (C=N–C) groups is 1. The van der Waals surface area contributed by atoms with Gasteiger partial charge in [0.2, 0.25) is 0 Å². The number of likely N-dealkylation sites (N-methyl/N-ethyl adjacent to an activating group) is 1. The van der Waals surface area contributed by atoms with Gasteiger partial charge in [0, 0.05) is 58.4 Å². The topological polar surface area (TPSA) is 67.2 Å². The van der Waals surface area contributed by atoms with Crippen LogP contribution in [0.4, 0.5) is 0 Å². The zero-order chi connectivity index (χ0) is 38.7. The summed E-state index contributed by atoms with van der Waals surface area (Å²) in [5.74, 6) is 1.39. The zero-order valence-corrected chi connectivity index (χ0v) is 32.2. The van der Waals surface area contributed by atoms with Crippen molar-refractivity contribution in [1.29, 1.82) is 0 Å². The van der Waals surface area contributed by atoms with E-state index in [9.17, 15) is 0 Å². The fraction of sp³-hybridized carbons (Fsp3) is 0.0962. The quantitative estimate of drug-likeness (QED) is 0.164. The fourth-order valence-electron chi connectivity index (χ4n) is 8.62. The highest BCUT2D eigenvalue weighted by Crippen LogP contribution is 2.42. The van der Waals surface area contributed by atoms with E-state index < -0.39 is 0 Å². The first kappa shape index (κ1) is 34.0. The van der Waals surface area contributed by atoms with E-state index in [1.54, 1.807) is 0 Å². The molecular formula is C52H38N6.